The lowest BCUT2D eigenvalue weighted by Gasteiger charge is -2.30. The number of hydrogen-bond donors (Lipinski definition) is 1. The predicted octanol–water partition coefficient (Wildman–Crippen LogP) is 2.98. The van der Waals surface area contributed by atoms with Crippen LogP contribution in [0.25, 0.3) is 0 Å². The van der Waals surface area contributed by atoms with Gasteiger partial charge in [-0.2, -0.15) is 0 Å². The van der Waals surface area contributed by atoms with Gasteiger partial charge in [0, 0.05) is 36.2 Å². The summed E-state index contributed by atoms with van der Waals surface area (Å²) in [7, 11) is 0. The fourth-order valence-corrected chi connectivity index (χ4v) is 3.08. The molecule has 0 saturated carbocycles. The van der Waals surface area contributed by atoms with Crippen molar-refractivity contribution in [2.24, 2.45) is 11.8 Å². The van der Waals surface area contributed by atoms with Gasteiger partial charge in [0.25, 0.3) is 5.91 Å². The molecule has 2 amide bonds. The van der Waals surface area contributed by atoms with E-state index in [1.54, 1.807) is 24.3 Å². The Morgan fingerprint density at radius 3 is 2.52 bits per heavy atom. The second kappa shape index (κ2) is 9.20. The molecule has 0 bridgehead atoms. The topological polar surface area (TPSA) is 58.6 Å². The Bertz CT molecular complexity index is 583. The van der Waals surface area contributed by atoms with Crippen LogP contribution in [0.5, 0.6) is 0 Å². The molecule has 138 valence electrons. The van der Waals surface area contributed by atoms with Crippen molar-refractivity contribution in [1.82, 2.24) is 10.2 Å². The Hall–Kier alpha value is -1.59. The average Bonchev–Trinajstić information content (AvgIpc) is 3.10. The maximum Gasteiger partial charge on any atom is 0.251 e. The fraction of sp³-hybridized carbons (Fsp3) is 0.579. The number of hydrogen-bond acceptors (Lipinski definition) is 3. The van der Waals surface area contributed by atoms with Crippen molar-refractivity contribution in [2.75, 3.05) is 26.3 Å². The molecule has 6 heteroatoms. The highest BCUT2D eigenvalue weighted by atomic mass is 35.5. The van der Waals surface area contributed by atoms with Gasteiger partial charge in [-0.25, -0.2) is 0 Å². The first-order chi connectivity index (χ1) is 11.9. The third-order valence-electron chi connectivity index (χ3n) is 4.52. The van der Waals surface area contributed by atoms with E-state index in [1.165, 1.54) is 0 Å². The van der Waals surface area contributed by atoms with Crippen molar-refractivity contribution in [3.8, 4) is 0 Å². The van der Waals surface area contributed by atoms with Crippen LogP contribution >= 0.6 is 11.6 Å². The summed E-state index contributed by atoms with van der Waals surface area (Å²) in [6.45, 7) is 8.61. The van der Waals surface area contributed by atoms with E-state index in [1.807, 2.05) is 25.7 Å². The van der Waals surface area contributed by atoms with Crippen molar-refractivity contribution >= 4 is 23.4 Å². The van der Waals surface area contributed by atoms with Crippen LogP contribution in [0.15, 0.2) is 24.3 Å². The molecule has 1 aromatic carbocycles. The molecule has 25 heavy (non-hydrogen) atoms. The number of nitrogens with one attached hydrogen (secondary N) is 1. The largest absolute Gasteiger partial charge is 0.381 e. The molecule has 2 unspecified atom stereocenters. The number of carbonyl (C=O) groups is 2. The molecule has 0 spiro atoms. The van der Waals surface area contributed by atoms with Crippen LogP contribution in [0.2, 0.25) is 5.02 Å². The first kappa shape index (κ1) is 19.7. The van der Waals surface area contributed by atoms with Crippen molar-refractivity contribution in [1.29, 1.82) is 0 Å². The zero-order valence-electron chi connectivity index (χ0n) is 15.1. The first-order valence-electron chi connectivity index (χ1n) is 8.85. The third-order valence-corrected chi connectivity index (χ3v) is 4.77. The minimum absolute atomic E-state index is 0.00220. The lowest BCUT2D eigenvalue weighted by Crippen LogP contribution is -2.52. The monoisotopic (exact) mass is 366 g/mol. The molecule has 0 aromatic heterocycles. The van der Waals surface area contributed by atoms with E-state index in [0.29, 0.717) is 36.2 Å². The summed E-state index contributed by atoms with van der Waals surface area (Å²) >= 11 is 5.86. The molecule has 1 saturated heterocycles. The number of ether oxygens (including phenoxy) is 1. The van der Waals surface area contributed by atoms with Crippen LogP contribution in [0.3, 0.4) is 0 Å². The fourth-order valence-electron chi connectivity index (χ4n) is 2.95. The molecule has 0 aliphatic carbocycles. The van der Waals surface area contributed by atoms with Crippen LogP contribution in [-0.4, -0.2) is 49.1 Å². The predicted molar refractivity (Wildman–Crippen MR) is 98.7 cm³/mol. The Morgan fingerprint density at radius 2 is 2.00 bits per heavy atom. The van der Waals surface area contributed by atoms with E-state index in [0.717, 1.165) is 13.0 Å². The smallest absolute Gasteiger partial charge is 0.251 e. The average molecular weight is 367 g/mol. The number of amides is 2. The zero-order chi connectivity index (χ0) is 18.4. The van der Waals surface area contributed by atoms with E-state index in [-0.39, 0.29) is 17.7 Å². The Kier molecular flexibility index (Phi) is 7.26. The van der Waals surface area contributed by atoms with E-state index in [4.69, 9.17) is 16.3 Å². The summed E-state index contributed by atoms with van der Waals surface area (Å²) in [5, 5.41) is 3.46. The molecular formula is C19H27ClN2O3. The highest BCUT2D eigenvalue weighted by Crippen LogP contribution is 2.16. The van der Waals surface area contributed by atoms with E-state index >= 15 is 0 Å². The van der Waals surface area contributed by atoms with Gasteiger partial charge in [-0.15, -0.1) is 0 Å². The maximum atomic E-state index is 13.0. The quantitative estimate of drug-likeness (QED) is 0.807. The van der Waals surface area contributed by atoms with Gasteiger partial charge < -0.3 is 15.0 Å². The highest BCUT2D eigenvalue weighted by molar-refractivity contribution is 6.30. The van der Waals surface area contributed by atoms with E-state index < -0.39 is 6.04 Å². The Balaban J connectivity index is 2.05. The van der Waals surface area contributed by atoms with Crippen molar-refractivity contribution in [3.05, 3.63) is 34.9 Å². The second-order valence-electron chi connectivity index (χ2n) is 6.81. The molecular weight excluding hydrogens is 340 g/mol. The van der Waals surface area contributed by atoms with Crippen LogP contribution < -0.4 is 5.32 Å². The molecule has 2 rings (SSSR count). The standard InChI is InChI=1S/C19H27ClN2O3/c1-4-22(11-14-9-10-25-12-14)19(24)17(13(2)3)21-18(23)15-5-7-16(20)8-6-15/h5-8,13-14,17H,4,9-12H2,1-3H3,(H,21,23). The molecule has 5 nitrogen and oxygen atoms in total. The SMILES string of the molecule is CCN(CC1CCOC1)C(=O)C(NC(=O)c1ccc(Cl)cc1)C(C)C. The molecule has 2 atom stereocenters. The van der Waals surface area contributed by atoms with E-state index in [2.05, 4.69) is 5.32 Å². The van der Waals surface area contributed by atoms with Gasteiger partial charge in [0.2, 0.25) is 5.91 Å². The van der Waals surface area contributed by atoms with Crippen LogP contribution in [-0.2, 0) is 9.53 Å². The van der Waals surface area contributed by atoms with Gasteiger partial charge in [-0.05, 0) is 43.5 Å². The first-order valence-corrected chi connectivity index (χ1v) is 9.23. The third kappa shape index (κ3) is 5.44. The normalized spacial score (nSPS) is 18.2. The molecule has 1 aromatic rings. The summed E-state index contributed by atoms with van der Waals surface area (Å²) in [5.74, 6) is 0.0805. The van der Waals surface area contributed by atoms with Gasteiger partial charge >= 0.3 is 0 Å². The summed E-state index contributed by atoms with van der Waals surface area (Å²) in [6.07, 6.45) is 0.979. The van der Waals surface area contributed by atoms with Gasteiger partial charge in [0.1, 0.15) is 6.04 Å². The number of halogens is 1. The van der Waals surface area contributed by atoms with E-state index in [9.17, 15) is 9.59 Å². The molecule has 1 N–H and O–H groups in total. The number of carbonyl (C=O) groups excluding carboxylic acids is 2. The molecule has 1 fully saturated rings. The van der Waals surface area contributed by atoms with Crippen LogP contribution in [0.4, 0.5) is 0 Å². The molecule has 1 aliphatic heterocycles. The second-order valence-corrected chi connectivity index (χ2v) is 7.24. The summed E-state index contributed by atoms with van der Waals surface area (Å²) in [4.78, 5) is 27.3. The Labute approximate surface area is 154 Å². The van der Waals surface area contributed by atoms with Crippen molar-refractivity contribution in [3.63, 3.8) is 0 Å². The molecule has 1 aliphatic rings. The van der Waals surface area contributed by atoms with Gasteiger partial charge in [-0.3, -0.25) is 9.59 Å². The summed E-state index contributed by atoms with van der Waals surface area (Å²) in [6, 6.07) is 6.10. The minimum atomic E-state index is -0.551. The van der Waals surface area contributed by atoms with Gasteiger partial charge in [-0.1, -0.05) is 25.4 Å². The van der Waals surface area contributed by atoms with Crippen molar-refractivity contribution in [2.45, 2.75) is 33.2 Å². The van der Waals surface area contributed by atoms with Crippen LogP contribution in [0.1, 0.15) is 37.6 Å². The zero-order valence-corrected chi connectivity index (χ0v) is 15.9. The number of benzene rings is 1. The van der Waals surface area contributed by atoms with Crippen LogP contribution in [0, 0.1) is 11.8 Å². The van der Waals surface area contributed by atoms with Gasteiger partial charge in [0.15, 0.2) is 0 Å². The lowest BCUT2D eigenvalue weighted by atomic mass is 10.0. The lowest BCUT2D eigenvalue weighted by molar-refractivity contribution is -0.134. The van der Waals surface area contributed by atoms with Gasteiger partial charge in [0.05, 0.1) is 6.61 Å². The molecule has 1 heterocycles. The van der Waals surface area contributed by atoms with Crippen molar-refractivity contribution < 1.29 is 14.3 Å². The summed E-state index contributed by atoms with van der Waals surface area (Å²) in [5.41, 5.74) is 0.495. The molecule has 0 radical (unpaired) electrons. The number of rotatable bonds is 7. The Morgan fingerprint density at radius 1 is 1.32 bits per heavy atom. The number of likely N-dealkylation sites (N-methyl/N-ethyl adjacent to an activating group) is 1. The highest BCUT2D eigenvalue weighted by Gasteiger charge is 2.30. The number of nitrogens with zero attached hydrogens (tertiary/aromatic N) is 1. The summed E-state index contributed by atoms with van der Waals surface area (Å²) < 4.78 is 5.40. The minimum Gasteiger partial charge on any atom is -0.381 e. The maximum absolute atomic E-state index is 13.0.